The van der Waals surface area contributed by atoms with Gasteiger partial charge >= 0.3 is 0 Å². The molecule has 3 rings (SSSR count). The highest BCUT2D eigenvalue weighted by Gasteiger charge is 2.44. The van der Waals surface area contributed by atoms with E-state index >= 15 is 0 Å². The molecule has 2 N–H and O–H groups in total. The lowest BCUT2D eigenvalue weighted by Crippen LogP contribution is -2.59. The Morgan fingerprint density at radius 2 is 2.19 bits per heavy atom. The average molecular weight is 296 g/mol. The van der Waals surface area contributed by atoms with E-state index in [0.29, 0.717) is 32.5 Å². The van der Waals surface area contributed by atoms with Crippen molar-refractivity contribution in [2.45, 2.75) is 18.4 Å². The van der Waals surface area contributed by atoms with Crippen molar-refractivity contribution >= 4 is 5.91 Å². The largest absolute Gasteiger partial charge is 0.389 e. The van der Waals surface area contributed by atoms with Gasteiger partial charge in [0.1, 0.15) is 0 Å². The Balaban J connectivity index is 1.79. The molecule has 6 heteroatoms. The van der Waals surface area contributed by atoms with Crippen LogP contribution in [0.1, 0.15) is 23.2 Å². The van der Waals surface area contributed by atoms with Gasteiger partial charge in [0.05, 0.1) is 11.2 Å². The minimum atomic E-state index is -1.11. The van der Waals surface area contributed by atoms with Crippen molar-refractivity contribution in [2.75, 3.05) is 26.2 Å². The number of amides is 1. The van der Waals surface area contributed by atoms with Crippen LogP contribution in [-0.2, 0) is 0 Å². The summed E-state index contributed by atoms with van der Waals surface area (Å²) >= 11 is 0. The number of carbonyl (C=O) groups excluding carboxylic acids is 1. The predicted molar refractivity (Wildman–Crippen MR) is 72.8 cm³/mol. The molecule has 0 aliphatic carbocycles. The number of rotatable bonds is 1. The van der Waals surface area contributed by atoms with Crippen LogP contribution in [0, 0.1) is 17.6 Å². The van der Waals surface area contributed by atoms with E-state index in [1.807, 2.05) is 0 Å². The fraction of sp³-hybridized carbons (Fsp3) is 0.533. The fourth-order valence-corrected chi connectivity index (χ4v) is 3.25. The number of hydrogen-bond donors (Lipinski definition) is 2. The molecule has 0 spiro atoms. The predicted octanol–water partition coefficient (Wildman–Crippen LogP) is 1.15. The molecule has 0 radical (unpaired) electrons. The van der Waals surface area contributed by atoms with E-state index in [1.54, 1.807) is 0 Å². The highest BCUT2D eigenvalue weighted by molar-refractivity contribution is 5.94. The Labute approximate surface area is 121 Å². The molecule has 2 atom stereocenters. The van der Waals surface area contributed by atoms with Gasteiger partial charge < -0.3 is 15.3 Å². The molecule has 1 aromatic carbocycles. The number of hydrogen-bond acceptors (Lipinski definition) is 3. The minimum absolute atomic E-state index is 0.0689. The molecule has 2 aliphatic heterocycles. The monoisotopic (exact) mass is 296 g/mol. The number of fused-ring (bicyclic) bond motifs is 1. The third kappa shape index (κ3) is 2.53. The summed E-state index contributed by atoms with van der Waals surface area (Å²) in [6.07, 6.45) is 1.13. The zero-order chi connectivity index (χ0) is 15.0. The molecule has 2 heterocycles. The van der Waals surface area contributed by atoms with Crippen molar-refractivity contribution < 1.29 is 18.7 Å². The summed E-state index contributed by atoms with van der Waals surface area (Å²) in [4.78, 5) is 13.9. The highest BCUT2D eigenvalue weighted by Crippen LogP contribution is 2.33. The van der Waals surface area contributed by atoms with Gasteiger partial charge in [0.25, 0.3) is 5.91 Å². The number of aliphatic hydroxyl groups is 1. The van der Waals surface area contributed by atoms with Gasteiger partial charge in [-0.2, -0.15) is 0 Å². The molecular formula is C15H18F2N2O2. The quantitative estimate of drug-likeness (QED) is 0.817. The van der Waals surface area contributed by atoms with E-state index < -0.39 is 23.1 Å². The van der Waals surface area contributed by atoms with Crippen molar-refractivity contribution in [3.63, 3.8) is 0 Å². The summed E-state index contributed by atoms with van der Waals surface area (Å²) in [6, 6.07) is 3.61. The molecule has 2 fully saturated rings. The molecular weight excluding hydrogens is 278 g/mol. The van der Waals surface area contributed by atoms with Gasteiger partial charge in [0, 0.05) is 25.6 Å². The van der Waals surface area contributed by atoms with Crippen molar-refractivity contribution in [3.8, 4) is 0 Å². The molecule has 2 saturated heterocycles. The number of benzene rings is 1. The number of nitrogens with zero attached hydrogens (tertiary/aromatic N) is 1. The van der Waals surface area contributed by atoms with Crippen molar-refractivity contribution in [1.29, 1.82) is 0 Å². The molecule has 0 saturated carbocycles. The Morgan fingerprint density at radius 3 is 3.00 bits per heavy atom. The van der Waals surface area contributed by atoms with Gasteiger partial charge in [-0.05, 0) is 31.5 Å². The van der Waals surface area contributed by atoms with Gasteiger partial charge in [-0.25, -0.2) is 8.78 Å². The van der Waals surface area contributed by atoms with Crippen LogP contribution in [0.4, 0.5) is 8.78 Å². The molecule has 1 amide bonds. The molecule has 2 aliphatic rings. The number of likely N-dealkylation sites (tertiary alicyclic amines) is 1. The first-order valence-electron chi connectivity index (χ1n) is 7.18. The van der Waals surface area contributed by atoms with E-state index in [-0.39, 0.29) is 11.5 Å². The molecule has 0 bridgehead atoms. The van der Waals surface area contributed by atoms with E-state index in [1.165, 1.54) is 17.0 Å². The molecule has 0 unspecified atom stereocenters. The lowest BCUT2D eigenvalue weighted by molar-refractivity contribution is -0.0817. The normalized spacial score (nSPS) is 29.1. The minimum Gasteiger partial charge on any atom is -0.389 e. The SMILES string of the molecule is O=C(c1cccc(F)c1F)N1CC[C@@]2(O)CCNC[C@H]2C1. The third-order valence-corrected chi connectivity index (χ3v) is 4.61. The summed E-state index contributed by atoms with van der Waals surface area (Å²) in [5.74, 6) is -2.71. The molecule has 4 nitrogen and oxygen atoms in total. The lowest BCUT2D eigenvalue weighted by atomic mass is 9.76. The standard InChI is InChI=1S/C15H18F2N2O2/c16-12-3-1-2-11(13(12)17)14(20)19-7-5-15(21)4-6-18-8-10(15)9-19/h1-3,10,18,21H,4-9H2/t10-,15-/m0/s1. The van der Waals surface area contributed by atoms with E-state index in [4.69, 9.17) is 0 Å². The smallest absolute Gasteiger partial charge is 0.256 e. The van der Waals surface area contributed by atoms with Gasteiger partial charge in [0.15, 0.2) is 11.6 Å². The van der Waals surface area contributed by atoms with Crippen LogP contribution < -0.4 is 5.32 Å². The third-order valence-electron chi connectivity index (χ3n) is 4.61. The first-order valence-corrected chi connectivity index (χ1v) is 7.18. The Hall–Kier alpha value is -1.53. The summed E-state index contributed by atoms with van der Waals surface area (Å²) in [5, 5.41) is 13.7. The van der Waals surface area contributed by atoms with Gasteiger partial charge in [-0.15, -0.1) is 0 Å². The molecule has 0 aromatic heterocycles. The molecule has 21 heavy (non-hydrogen) atoms. The van der Waals surface area contributed by atoms with Crippen LogP contribution in [0.5, 0.6) is 0 Å². The highest BCUT2D eigenvalue weighted by atomic mass is 19.2. The zero-order valence-electron chi connectivity index (χ0n) is 11.6. The topological polar surface area (TPSA) is 52.6 Å². The van der Waals surface area contributed by atoms with E-state index in [9.17, 15) is 18.7 Å². The van der Waals surface area contributed by atoms with E-state index in [0.717, 1.165) is 12.6 Å². The second-order valence-electron chi connectivity index (χ2n) is 5.86. The average Bonchev–Trinajstić information content (AvgIpc) is 2.48. The van der Waals surface area contributed by atoms with Crippen LogP contribution in [0.15, 0.2) is 18.2 Å². The number of nitrogens with one attached hydrogen (secondary N) is 1. The number of halogens is 2. The van der Waals surface area contributed by atoms with Crippen LogP contribution in [0.25, 0.3) is 0 Å². The van der Waals surface area contributed by atoms with Crippen LogP contribution >= 0.6 is 0 Å². The summed E-state index contributed by atoms with van der Waals surface area (Å²) in [5.41, 5.74) is -0.994. The number of carbonyl (C=O) groups is 1. The van der Waals surface area contributed by atoms with Gasteiger partial charge in [-0.1, -0.05) is 6.07 Å². The summed E-state index contributed by atoms with van der Waals surface area (Å²) < 4.78 is 27.0. The molecule has 114 valence electrons. The van der Waals surface area contributed by atoms with Crippen LogP contribution in [-0.4, -0.2) is 47.7 Å². The van der Waals surface area contributed by atoms with Gasteiger partial charge in [-0.3, -0.25) is 4.79 Å². The maximum Gasteiger partial charge on any atom is 0.256 e. The first kappa shape index (κ1) is 14.4. The van der Waals surface area contributed by atoms with Crippen molar-refractivity contribution in [3.05, 3.63) is 35.4 Å². The first-order chi connectivity index (χ1) is 10.0. The lowest BCUT2D eigenvalue weighted by Gasteiger charge is -2.47. The maximum absolute atomic E-state index is 13.7. The summed E-state index contributed by atoms with van der Waals surface area (Å²) in [6.45, 7) is 2.12. The van der Waals surface area contributed by atoms with Crippen LogP contribution in [0.3, 0.4) is 0 Å². The second-order valence-corrected chi connectivity index (χ2v) is 5.86. The second kappa shape index (κ2) is 5.35. The van der Waals surface area contributed by atoms with Crippen LogP contribution in [0.2, 0.25) is 0 Å². The molecule has 1 aromatic rings. The van der Waals surface area contributed by atoms with Crippen molar-refractivity contribution in [2.24, 2.45) is 5.92 Å². The Morgan fingerprint density at radius 1 is 1.38 bits per heavy atom. The zero-order valence-corrected chi connectivity index (χ0v) is 11.6. The van der Waals surface area contributed by atoms with Crippen molar-refractivity contribution in [1.82, 2.24) is 10.2 Å². The Kier molecular flexibility index (Phi) is 3.67. The van der Waals surface area contributed by atoms with Gasteiger partial charge in [0.2, 0.25) is 0 Å². The maximum atomic E-state index is 13.7. The number of piperidine rings is 2. The van der Waals surface area contributed by atoms with E-state index in [2.05, 4.69) is 5.32 Å². The fourth-order valence-electron chi connectivity index (χ4n) is 3.25. The Bertz CT molecular complexity index is 567. The summed E-state index contributed by atoms with van der Waals surface area (Å²) in [7, 11) is 0.